The molecule has 0 spiro atoms. The molecule has 0 radical (unpaired) electrons. The van der Waals surface area contributed by atoms with Crippen LogP contribution in [0.2, 0.25) is 0 Å². The third kappa shape index (κ3) is 3.74. The highest BCUT2D eigenvalue weighted by Gasteiger charge is 2.39. The molecule has 1 saturated carbocycles. The molecule has 0 heterocycles. The molecule has 0 N–H and O–H groups in total. The topological polar surface area (TPSA) is 29.5 Å². The molecule has 1 aliphatic rings. The molecule has 1 amide bonds. The van der Waals surface area contributed by atoms with Crippen LogP contribution in [0.15, 0.2) is 30.3 Å². The quantitative estimate of drug-likeness (QED) is 0.723. The van der Waals surface area contributed by atoms with Crippen LogP contribution in [0.4, 0.5) is 0 Å². The molecule has 4 heteroatoms. The summed E-state index contributed by atoms with van der Waals surface area (Å²) < 4.78 is 5.54. The monoisotopic (exact) mass is 295 g/mol. The van der Waals surface area contributed by atoms with E-state index in [-0.39, 0.29) is 11.5 Å². The fraction of sp³-hybridized carbons (Fsp3) is 0.562. The first-order chi connectivity index (χ1) is 9.69. The summed E-state index contributed by atoms with van der Waals surface area (Å²) in [4.78, 5) is 14.3. The molecule has 0 bridgehead atoms. The zero-order valence-corrected chi connectivity index (χ0v) is 12.7. The van der Waals surface area contributed by atoms with Crippen molar-refractivity contribution in [2.75, 3.05) is 19.5 Å². The Hall–Kier alpha value is -1.06. The summed E-state index contributed by atoms with van der Waals surface area (Å²) in [5, 5.41) is 0. The Kier molecular flexibility index (Phi) is 5.44. The number of ether oxygens (including phenoxy) is 1. The van der Waals surface area contributed by atoms with Gasteiger partial charge in [-0.25, -0.2) is 0 Å². The molecule has 110 valence electrons. The molecule has 0 aromatic heterocycles. The van der Waals surface area contributed by atoms with Gasteiger partial charge in [0, 0.05) is 26.1 Å². The lowest BCUT2D eigenvalue weighted by Gasteiger charge is -2.41. The zero-order chi connectivity index (χ0) is 14.4. The number of amides is 1. The van der Waals surface area contributed by atoms with Crippen molar-refractivity contribution in [1.29, 1.82) is 0 Å². The van der Waals surface area contributed by atoms with Gasteiger partial charge >= 0.3 is 0 Å². The molecule has 3 nitrogen and oxygen atoms in total. The fourth-order valence-corrected chi connectivity index (χ4v) is 2.81. The Labute approximate surface area is 125 Å². The average molecular weight is 296 g/mol. The average Bonchev–Trinajstić information content (AvgIpc) is 2.43. The second-order valence-electron chi connectivity index (χ2n) is 5.41. The summed E-state index contributed by atoms with van der Waals surface area (Å²) in [6.45, 7) is 1.20. The number of carbonyl (C=O) groups excluding carboxylic acids is 1. The van der Waals surface area contributed by atoms with Crippen LogP contribution in [-0.4, -0.2) is 35.9 Å². The summed E-state index contributed by atoms with van der Waals surface area (Å²) >= 11 is 5.83. The molecule has 0 atom stereocenters. The summed E-state index contributed by atoms with van der Waals surface area (Å²) in [6, 6.07) is 10.0. The number of nitrogens with zero attached hydrogens (tertiary/aromatic N) is 1. The maximum absolute atomic E-state index is 12.5. The second-order valence-corrected chi connectivity index (χ2v) is 5.79. The van der Waals surface area contributed by atoms with Gasteiger partial charge in [-0.05, 0) is 24.8 Å². The van der Waals surface area contributed by atoms with Crippen LogP contribution in [0.5, 0.6) is 0 Å². The Morgan fingerprint density at radius 1 is 1.35 bits per heavy atom. The third-order valence-electron chi connectivity index (χ3n) is 4.09. The minimum atomic E-state index is -0.224. The SMILES string of the molecule is COC1(CC(=O)N(CCCl)Cc2ccccc2)CCC1. The predicted octanol–water partition coefficient (Wildman–Crippen LogP) is 3.21. The standard InChI is InChI=1S/C16H22ClNO2/c1-20-16(8-5-9-16)12-15(19)18(11-10-17)13-14-6-3-2-4-7-14/h2-4,6-7H,5,8-13H2,1H3. The van der Waals surface area contributed by atoms with Crippen LogP contribution in [0.3, 0.4) is 0 Å². The van der Waals surface area contributed by atoms with Crippen LogP contribution in [0, 0.1) is 0 Å². The lowest BCUT2D eigenvalue weighted by atomic mass is 9.77. The van der Waals surface area contributed by atoms with Crippen LogP contribution in [0.1, 0.15) is 31.2 Å². The van der Waals surface area contributed by atoms with E-state index in [9.17, 15) is 4.79 Å². The lowest BCUT2D eigenvalue weighted by molar-refractivity contribution is -0.144. The molecule has 1 aromatic carbocycles. The van der Waals surface area contributed by atoms with Crippen molar-refractivity contribution in [3.63, 3.8) is 0 Å². The van der Waals surface area contributed by atoms with Crippen LogP contribution in [-0.2, 0) is 16.1 Å². The normalized spacial score (nSPS) is 16.5. The molecule has 0 saturated heterocycles. The van der Waals surface area contributed by atoms with Gasteiger partial charge in [-0.3, -0.25) is 4.79 Å². The lowest BCUT2D eigenvalue weighted by Crippen LogP contribution is -2.45. The van der Waals surface area contributed by atoms with Crippen LogP contribution < -0.4 is 0 Å². The minimum Gasteiger partial charge on any atom is -0.378 e. The van der Waals surface area contributed by atoms with E-state index in [0.717, 1.165) is 24.8 Å². The number of hydrogen-bond acceptors (Lipinski definition) is 2. The first-order valence-electron chi connectivity index (χ1n) is 7.12. The first-order valence-corrected chi connectivity index (χ1v) is 7.65. The van der Waals surface area contributed by atoms with E-state index >= 15 is 0 Å². The van der Waals surface area contributed by atoms with E-state index in [2.05, 4.69) is 0 Å². The molecule has 1 aliphatic carbocycles. The molecule has 2 rings (SSSR count). The predicted molar refractivity (Wildman–Crippen MR) is 80.8 cm³/mol. The summed E-state index contributed by atoms with van der Waals surface area (Å²) in [7, 11) is 1.70. The highest BCUT2D eigenvalue weighted by Crippen LogP contribution is 2.38. The molecule has 20 heavy (non-hydrogen) atoms. The van der Waals surface area contributed by atoms with Crippen molar-refractivity contribution in [3.05, 3.63) is 35.9 Å². The van der Waals surface area contributed by atoms with Crippen molar-refractivity contribution in [3.8, 4) is 0 Å². The van der Waals surface area contributed by atoms with E-state index < -0.39 is 0 Å². The number of alkyl halides is 1. The van der Waals surface area contributed by atoms with E-state index in [1.807, 2.05) is 35.2 Å². The number of rotatable bonds is 7. The minimum absolute atomic E-state index is 0.135. The van der Waals surface area contributed by atoms with Crippen molar-refractivity contribution < 1.29 is 9.53 Å². The van der Waals surface area contributed by atoms with Crippen molar-refractivity contribution in [2.45, 2.75) is 37.8 Å². The molecule has 1 aromatic rings. The van der Waals surface area contributed by atoms with E-state index in [0.29, 0.717) is 25.4 Å². The highest BCUT2D eigenvalue weighted by molar-refractivity contribution is 6.18. The third-order valence-corrected chi connectivity index (χ3v) is 4.26. The fourth-order valence-electron chi connectivity index (χ4n) is 2.61. The second kappa shape index (κ2) is 7.09. The molecular formula is C16H22ClNO2. The molecule has 0 aliphatic heterocycles. The van der Waals surface area contributed by atoms with Gasteiger partial charge in [-0.2, -0.15) is 0 Å². The molecule has 0 unspecified atom stereocenters. The number of halogens is 1. The van der Waals surface area contributed by atoms with Gasteiger partial charge in [0.2, 0.25) is 5.91 Å². The summed E-state index contributed by atoms with van der Waals surface area (Å²) in [6.07, 6.45) is 3.58. The smallest absolute Gasteiger partial charge is 0.225 e. The number of hydrogen-bond donors (Lipinski definition) is 0. The number of benzene rings is 1. The maximum atomic E-state index is 12.5. The number of carbonyl (C=O) groups is 1. The Morgan fingerprint density at radius 2 is 2.05 bits per heavy atom. The molecule has 1 fully saturated rings. The Balaban J connectivity index is 1.98. The van der Waals surface area contributed by atoms with Gasteiger partial charge in [0.25, 0.3) is 0 Å². The van der Waals surface area contributed by atoms with Gasteiger partial charge in [-0.15, -0.1) is 11.6 Å². The van der Waals surface area contributed by atoms with Gasteiger partial charge in [0.1, 0.15) is 0 Å². The van der Waals surface area contributed by atoms with Gasteiger partial charge in [-0.1, -0.05) is 30.3 Å². The summed E-state index contributed by atoms with van der Waals surface area (Å²) in [5.74, 6) is 0.592. The van der Waals surface area contributed by atoms with E-state index in [4.69, 9.17) is 16.3 Å². The summed E-state index contributed by atoms with van der Waals surface area (Å²) in [5.41, 5.74) is 0.907. The molecular weight excluding hydrogens is 274 g/mol. The van der Waals surface area contributed by atoms with Crippen LogP contribution >= 0.6 is 11.6 Å². The van der Waals surface area contributed by atoms with Crippen molar-refractivity contribution >= 4 is 17.5 Å². The largest absolute Gasteiger partial charge is 0.378 e. The van der Waals surface area contributed by atoms with Gasteiger partial charge < -0.3 is 9.64 Å². The van der Waals surface area contributed by atoms with Crippen molar-refractivity contribution in [2.24, 2.45) is 0 Å². The van der Waals surface area contributed by atoms with Crippen LogP contribution in [0.25, 0.3) is 0 Å². The van der Waals surface area contributed by atoms with E-state index in [1.165, 1.54) is 0 Å². The maximum Gasteiger partial charge on any atom is 0.225 e. The number of methoxy groups -OCH3 is 1. The Bertz CT molecular complexity index is 426. The first kappa shape index (κ1) is 15.3. The van der Waals surface area contributed by atoms with E-state index in [1.54, 1.807) is 7.11 Å². The zero-order valence-electron chi connectivity index (χ0n) is 12.0. The van der Waals surface area contributed by atoms with Crippen molar-refractivity contribution in [1.82, 2.24) is 4.90 Å². The van der Waals surface area contributed by atoms with Gasteiger partial charge in [0.05, 0.1) is 12.0 Å². The highest BCUT2D eigenvalue weighted by atomic mass is 35.5. The van der Waals surface area contributed by atoms with Gasteiger partial charge in [0.15, 0.2) is 0 Å². The Morgan fingerprint density at radius 3 is 2.55 bits per heavy atom.